The van der Waals surface area contributed by atoms with Crippen molar-refractivity contribution in [3.05, 3.63) is 18.2 Å². The average molecular weight is 297 g/mol. The molecule has 0 fully saturated rings. The van der Waals surface area contributed by atoms with E-state index in [2.05, 4.69) is 5.32 Å². The summed E-state index contributed by atoms with van der Waals surface area (Å²) in [5, 5.41) is 13.0. The van der Waals surface area contributed by atoms with Crippen LogP contribution in [0.25, 0.3) is 0 Å². The quantitative estimate of drug-likeness (QED) is 0.795. The zero-order valence-electron chi connectivity index (χ0n) is 12.9. The maximum absolute atomic E-state index is 9.87. The minimum Gasteiger partial charge on any atom is -0.487 e. The standard InChI is InChI=1S/C15H23NO5/c1-10(2)16-8-11(17)9-19-12-6-5-7-13-14(12)21-15(3,18-4)20-13/h5-7,10-11,16-17H,8-9H2,1-4H3. The Bertz CT molecular complexity index is 479. The number of rotatable bonds is 7. The molecule has 118 valence electrons. The fraction of sp³-hybridized carbons (Fsp3) is 0.600. The highest BCUT2D eigenvalue weighted by molar-refractivity contribution is 5.53. The number of fused-ring (bicyclic) bond motifs is 1. The first kappa shape index (κ1) is 15.9. The van der Waals surface area contributed by atoms with E-state index in [4.69, 9.17) is 18.9 Å². The van der Waals surface area contributed by atoms with E-state index >= 15 is 0 Å². The monoisotopic (exact) mass is 297 g/mol. The first-order chi connectivity index (χ1) is 9.93. The van der Waals surface area contributed by atoms with Crippen LogP contribution in [0.1, 0.15) is 20.8 Å². The number of nitrogens with one attached hydrogen (secondary N) is 1. The van der Waals surface area contributed by atoms with E-state index in [9.17, 15) is 5.11 Å². The van der Waals surface area contributed by atoms with Crippen molar-refractivity contribution in [3.63, 3.8) is 0 Å². The molecule has 0 radical (unpaired) electrons. The maximum atomic E-state index is 9.87. The van der Waals surface area contributed by atoms with Crippen molar-refractivity contribution < 1.29 is 24.1 Å². The summed E-state index contributed by atoms with van der Waals surface area (Å²) in [6.45, 7) is 6.37. The maximum Gasteiger partial charge on any atom is 0.368 e. The molecular weight excluding hydrogens is 274 g/mol. The van der Waals surface area contributed by atoms with Crippen LogP contribution in [0.3, 0.4) is 0 Å². The van der Waals surface area contributed by atoms with Gasteiger partial charge in [-0.15, -0.1) is 0 Å². The molecule has 1 heterocycles. The second-order valence-corrected chi connectivity index (χ2v) is 5.38. The molecule has 0 aliphatic carbocycles. The van der Waals surface area contributed by atoms with E-state index in [1.54, 1.807) is 25.1 Å². The highest BCUT2D eigenvalue weighted by atomic mass is 16.9. The normalized spacial score (nSPS) is 21.6. The van der Waals surface area contributed by atoms with Gasteiger partial charge in [0, 0.05) is 26.6 Å². The first-order valence-electron chi connectivity index (χ1n) is 7.04. The number of methoxy groups -OCH3 is 1. The SMILES string of the molecule is COC1(C)Oc2cccc(OCC(O)CNC(C)C)c2O1. The second-order valence-electron chi connectivity index (χ2n) is 5.38. The predicted molar refractivity (Wildman–Crippen MR) is 77.8 cm³/mol. The fourth-order valence-electron chi connectivity index (χ4n) is 1.90. The summed E-state index contributed by atoms with van der Waals surface area (Å²) in [5.41, 5.74) is 0. The molecule has 2 unspecified atom stereocenters. The summed E-state index contributed by atoms with van der Waals surface area (Å²) in [6.07, 6.45) is -0.598. The molecule has 0 saturated heterocycles. The van der Waals surface area contributed by atoms with Crippen molar-refractivity contribution in [3.8, 4) is 17.2 Å². The zero-order valence-corrected chi connectivity index (χ0v) is 12.9. The van der Waals surface area contributed by atoms with Crippen molar-refractivity contribution in [2.75, 3.05) is 20.3 Å². The number of aliphatic hydroxyl groups is 1. The van der Waals surface area contributed by atoms with E-state index in [1.807, 2.05) is 13.8 Å². The molecule has 0 bridgehead atoms. The van der Waals surface area contributed by atoms with Gasteiger partial charge >= 0.3 is 5.97 Å². The summed E-state index contributed by atoms with van der Waals surface area (Å²) in [6, 6.07) is 5.67. The molecule has 1 aliphatic rings. The van der Waals surface area contributed by atoms with Crippen molar-refractivity contribution in [1.29, 1.82) is 0 Å². The van der Waals surface area contributed by atoms with Gasteiger partial charge < -0.3 is 29.4 Å². The van der Waals surface area contributed by atoms with Crippen LogP contribution >= 0.6 is 0 Å². The van der Waals surface area contributed by atoms with E-state index < -0.39 is 12.1 Å². The van der Waals surface area contributed by atoms with Crippen LogP contribution in [-0.4, -0.2) is 43.5 Å². The summed E-state index contributed by atoms with van der Waals surface area (Å²) < 4.78 is 22.0. The Morgan fingerprint density at radius 1 is 1.33 bits per heavy atom. The molecule has 0 aromatic heterocycles. The lowest BCUT2D eigenvalue weighted by molar-refractivity contribution is -0.254. The third kappa shape index (κ3) is 4.00. The molecule has 6 heteroatoms. The lowest BCUT2D eigenvalue weighted by atomic mass is 10.3. The molecule has 2 N–H and O–H groups in total. The minimum absolute atomic E-state index is 0.170. The largest absolute Gasteiger partial charge is 0.487 e. The fourth-order valence-corrected chi connectivity index (χ4v) is 1.90. The van der Waals surface area contributed by atoms with Crippen molar-refractivity contribution in [1.82, 2.24) is 5.32 Å². The zero-order chi connectivity index (χ0) is 15.5. The van der Waals surface area contributed by atoms with Gasteiger partial charge in [0.15, 0.2) is 11.5 Å². The molecule has 0 amide bonds. The van der Waals surface area contributed by atoms with Gasteiger partial charge in [0.25, 0.3) is 0 Å². The second kappa shape index (κ2) is 6.51. The molecular formula is C15H23NO5. The topological polar surface area (TPSA) is 69.2 Å². The Morgan fingerprint density at radius 3 is 2.76 bits per heavy atom. The Kier molecular flexibility index (Phi) is 4.92. The number of hydrogen-bond acceptors (Lipinski definition) is 6. The van der Waals surface area contributed by atoms with Crippen molar-refractivity contribution >= 4 is 0 Å². The molecule has 1 aromatic carbocycles. The minimum atomic E-state index is -1.14. The van der Waals surface area contributed by atoms with Crippen LogP contribution in [0.15, 0.2) is 18.2 Å². The van der Waals surface area contributed by atoms with E-state index in [-0.39, 0.29) is 6.61 Å². The Hall–Kier alpha value is -1.50. The van der Waals surface area contributed by atoms with Gasteiger partial charge in [-0.25, -0.2) is 0 Å². The Balaban J connectivity index is 1.96. The molecule has 2 rings (SSSR count). The van der Waals surface area contributed by atoms with Crippen LogP contribution < -0.4 is 19.5 Å². The van der Waals surface area contributed by atoms with Crippen LogP contribution in [-0.2, 0) is 4.74 Å². The van der Waals surface area contributed by atoms with Crippen LogP contribution in [0, 0.1) is 0 Å². The van der Waals surface area contributed by atoms with Crippen LogP contribution in [0.4, 0.5) is 0 Å². The number of para-hydroxylation sites is 1. The van der Waals surface area contributed by atoms with Gasteiger partial charge in [0.05, 0.1) is 0 Å². The predicted octanol–water partition coefficient (Wildman–Crippen LogP) is 1.52. The lowest BCUT2D eigenvalue weighted by Crippen LogP contribution is -2.36. The van der Waals surface area contributed by atoms with E-state index in [0.717, 1.165) is 0 Å². The van der Waals surface area contributed by atoms with Gasteiger partial charge in [-0.05, 0) is 12.1 Å². The molecule has 0 spiro atoms. The smallest absolute Gasteiger partial charge is 0.368 e. The highest BCUT2D eigenvalue weighted by Gasteiger charge is 2.39. The highest BCUT2D eigenvalue weighted by Crippen LogP contribution is 2.45. The Morgan fingerprint density at radius 2 is 2.10 bits per heavy atom. The molecule has 0 saturated carbocycles. The number of hydrogen-bond donors (Lipinski definition) is 2. The average Bonchev–Trinajstić information content (AvgIpc) is 2.80. The molecule has 1 aromatic rings. The van der Waals surface area contributed by atoms with Crippen molar-refractivity contribution in [2.24, 2.45) is 0 Å². The van der Waals surface area contributed by atoms with Gasteiger partial charge in [0.1, 0.15) is 12.7 Å². The molecule has 1 aliphatic heterocycles. The van der Waals surface area contributed by atoms with E-state index in [1.165, 1.54) is 7.11 Å². The van der Waals surface area contributed by atoms with Crippen molar-refractivity contribution in [2.45, 2.75) is 38.9 Å². The van der Waals surface area contributed by atoms with Crippen LogP contribution in [0.2, 0.25) is 0 Å². The third-order valence-electron chi connectivity index (χ3n) is 3.09. The summed E-state index contributed by atoms with van der Waals surface area (Å²) in [4.78, 5) is 0. The van der Waals surface area contributed by atoms with Crippen LogP contribution in [0.5, 0.6) is 17.2 Å². The van der Waals surface area contributed by atoms with Gasteiger partial charge in [-0.2, -0.15) is 0 Å². The molecule has 2 atom stereocenters. The van der Waals surface area contributed by atoms with Gasteiger partial charge in [-0.3, -0.25) is 0 Å². The van der Waals surface area contributed by atoms with E-state index in [0.29, 0.717) is 29.8 Å². The van der Waals surface area contributed by atoms with Gasteiger partial charge in [0.2, 0.25) is 5.75 Å². The summed E-state index contributed by atoms with van der Waals surface area (Å²) in [5.74, 6) is 0.439. The summed E-state index contributed by atoms with van der Waals surface area (Å²) >= 11 is 0. The molecule has 6 nitrogen and oxygen atoms in total. The number of ether oxygens (including phenoxy) is 4. The lowest BCUT2D eigenvalue weighted by Gasteiger charge is -2.20. The summed E-state index contributed by atoms with van der Waals surface area (Å²) in [7, 11) is 1.51. The Labute approximate surface area is 125 Å². The first-order valence-corrected chi connectivity index (χ1v) is 7.04. The number of benzene rings is 1. The van der Waals surface area contributed by atoms with Gasteiger partial charge in [-0.1, -0.05) is 19.9 Å². The molecule has 21 heavy (non-hydrogen) atoms. The number of aliphatic hydroxyl groups excluding tert-OH is 1. The third-order valence-corrected chi connectivity index (χ3v) is 3.09.